The van der Waals surface area contributed by atoms with E-state index in [2.05, 4.69) is 49.9 Å². The minimum atomic E-state index is -0.928. The molecule has 33 heavy (non-hydrogen) atoms. The molecule has 0 aliphatic carbocycles. The molecule has 1 saturated heterocycles. The van der Waals surface area contributed by atoms with E-state index in [0.717, 1.165) is 31.0 Å². The van der Waals surface area contributed by atoms with Gasteiger partial charge in [0.2, 0.25) is 0 Å². The van der Waals surface area contributed by atoms with Gasteiger partial charge in [-0.25, -0.2) is 4.79 Å². The highest BCUT2D eigenvalue weighted by Gasteiger charge is 2.23. The first kappa shape index (κ1) is 22.7. The summed E-state index contributed by atoms with van der Waals surface area (Å²) in [6.45, 7) is 9.15. The first-order valence-corrected chi connectivity index (χ1v) is 11.4. The molecule has 1 N–H and O–H groups in total. The van der Waals surface area contributed by atoms with Crippen LogP contribution in [0.2, 0.25) is 0 Å². The molecule has 5 nitrogen and oxygen atoms in total. The van der Waals surface area contributed by atoms with E-state index in [1.807, 2.05) is 24.3 Å². The van der Waals surface area contributed by atoms with Crippen molar-refractivity contribution in [3.05, 3.63) is 83.9 Å². The van der Waals surface area contributed by atoms with Gasteiger partial charge in [-0.1, -0.05) is 32.9 Å². The van der Waals surface area contributed by atoms with Gasteiger partial charge in [-0.2, -0.15) is 0 Å². The van der Waals surface area contributed by atoms with Gasteiger partial charge in [-0.15, -0.1) is 0 Å². The predicted molar refractivity (Wildman–Crippen MR) is 131 cm³/mol. The van der Waals surface area contributed by atoms with Crippen LogP contribution < -0.4 is 14.4 Å². The number of benzene rings is 3. The van der Waals surface area contributed by atoms with E-state index in [4.69, 9.17) is 14.6 Å². The first-order valence-electron chi connectivity index (χ1n) is 11.4. The highest BCUT2D eigenvalue weighted by molar-refractivity contribution is 5.87. The summed E-state index contributed by atoms with van der Waals surface area (Å²) in [5, 5.41) is 8.99. The van der Waals surface area contributed by atoms with Crippen LogP contribution in [0.15, 0.2) is 72.8 Å². The van der Waals surface area contributed by atoms with Gasteiger partial charge >= 0.3 is 5.97 Å². The molecule has 0 spiro atoms. The molecule has 0 bridgehead atoms. The number of anilines is 1. The van der Waals surface area contributed by atoms with E-state index in [1.54, 1.807) is 24.3 Å². The van der Waals surface area contributed by atoms with Crippen molar-refractivity contribution in [3.8, 4) is 17.2 Å². The SMILES string of the molecule is CC(C)(C)c1ccc(Oc2ccc(N3CCC(COc4ccc(C(=O)O)cc4)C3)cc2)cc1. The quantitative estimate of drug-likeness (QED) is 0.457. The molecule has 4 rings (SSSR count). The fraction of sp³-hybridized carbons (Fsp3) is 0.321. The highest BCUT2D eigenvalue weighted by atomic mass is 16.5. The van der Waals surface area contributed by atoms with Crippen molar-refractivity contribution in [2.75, 3.05) is 24.6 Å². The summed E-state index contributed by atoms with van der Waals surface area (Å²) in [4.78, 5) is 13.3. The van der Waals surface area contributed by atoms with Crippen LogP contribution in [0.3, 0.4) is 0 Å². The summed E-state index contributed by atoms with van der Waals surface area (Å²) < 4.78 is 11.9. The van der Waals surface area contributed by atoms with E-state index >= 15 is 0 Å². The molecular weight excluding hydrogens is 414 g/mol. The smallest absolute Gasteiger partial charge is 0.335 e. The number of nitrogens with zero attached hydrogens (tertiary/aromatic N) is 1. The normalized spacial score (nSPS) is 16.0. The van der Waals surface area contributed by atoms with Crippen molar-refractivity contribution in [3.63, 3.8) is 0 Å². The Balaban J connectivity index is 1.28. The first-order chi connectivity index (χ1) is 15.8. The third-order valence-corrected chi connectivity index (χ3v) is 6.03. The maximum atomic E-state index is 11.0. The number of hydrogen-bond acceptors (Lipinski definition) is 4. The minimum Gasteiger partial charge on any atom is -0.493 e. The Bertz CT molecular complexity index is 1070. The Morgan fingerprint density at radius 1 is 0.909 bits per heavy atom. The van der Waals surface area contributed by atoms with Gasteiger partial charge in [0.15, 0.2) is 0 Å². The monoisotopic (exact) mass is 445 g/mol. The molecule has 3 aromatic rings. The van der Waals surface area contributed by atoms with E-state index in [0.29, 0.717) is 18.3 Å². The number of carbonyl (C=O) groups is 1. The topological polar surface area (TPSA) is 59.0 Å². The van der Waals surface area contributed by atoms with E-state index in [9.17, 15) is 4.79 Å². The van der Waals surface area contributed by atoms with Crippen molar-refractivity contribution in [1.29, 1.82) is 0 Å². The summed E-state index contributed by atoms with van der Waals surface area (Å²) in [7, 11) is 0. The molecule has 1 unspecified atom stereocenters. The fourth-order valence-electron chi connectivity index (χ4n) is 4.00. The zero-order valence-electron chi connectivity index (χ0n) is 19.5. The number of aromatic carboxylic acids is 1. The number of rotatable bonds is 7. The van der Waals surface area contributed by atoms with Crippen LogP contribution in [0.1, 0.15) is 43.1 Å². The van der Waals surface area contributed by atoms with Gasteiger partial charge in [0, 0.05) is 24.7 Å². The summed E-state index contributed by atoms with van der Waals surface area (Å²) in [6.07, 6.45) is 1.06. The third-order valence-electron chi connectivity index (χ3n) is 6.03. The lowest BCUT2D eigenvalue weighted by atomic mass is 9.87. The molecule has 172 valence electrons. The number of carboxylic acid groups (broad SMARTS) is 1. The third kappa shape index (κ3) is 5.86. The number of hydrogen-bond donors (Lipinski definition) is 1. The zero-order valence-corrected chi connectivity index (χ0v) is 19.5. The highest BCUT2D eigenvalue weighted by Crippen LogP contribution is 2.30. The van der Waals surface area contributed by atoms with Gasteiger partial charge in [-0.05, 0) is 78.1 Å². The Hall–Kier alpha value is -3.47. The molecule has 0 saturated carbocycles. The van der Waals surface area contributed by atoms with Crippen LogP contribution >= 0.6 is 0 Å². The lowest BCUT2D eigenvalue weighted by molar-refractivity contribution is 0.0697. The Kier molecular flexibility index (Phi) is 6.59. The molecule has 3 aromatic carbocycles. The van der Waals surface area contributed by atoms with E-state index in [-0.39, 0.29) is 11.0 Å². The molecule has 0 amide bonds. The van der Waals surface area contributed by atoms with Gasteiger partial charge in [0.25, 0.3) is 0 Å². The molecule has 1 aliphatic rings. The van der Waals surface area contributed by atoms with Gasteiger partial charge in [0.1, 0.15) is 17.2 Å². The Morgan fingerprint density at radius 3 is 2.06 bits per heavy atom. The molecule has 1 heterocycles. The van der Waals surface area contributed by atoms with Crippen molar-refractivity contribution >= 4 is 11.7 Å². The number of ether oxygens (including phenoxy) is 2. The lowest BCUT2D eigenvalue weighted by Gasteiger charge is -2.20. The fourth-order valence-corrected chi connectivity index (χ4v) is 4.00. The standard InChI is InChI=1S/C28H31NO4/c1-28(2,3)22-6-12-25(13-7-22)33-26-14-8-23(9-15-26)29-17-16-20(18-29)19-32-24-10-4-21(5-11-24)27(30)31/h4-15,20H,16-19H2,1-3H3,(H,30,31). The van der Waals surface area contributed by atoms with Crippen LogP contribution in [0.4, 0.5) is 5.69 Å². The zero-order chi connectivity index (χ0) is 23.4. The predicted octanol–water partition coefficient (Wildman–Crippen LogP) is 6.38. The average Bonchev–Trinajstić information content (AvgIpc) is 3.27. The van der Waals surface area contributed by atoms with Gasteiger partial charge < -0.3 is 19.5 Å². The second-order valence-corrected chi connectivity index (χ2v) is 9.61. The average molecular weight is 446 g/mol. The van der Waals surface area contributed by atoms with Crippen molar-refractivity contribution in [1.82, 2.24) is 0 Å². The summed E-state index contributed by atoms with van der Waals surface area (Å²) >= 11 is 0. The molecule has 1 atom stereocenters. The Labute approximate surface area is 195 Å². The van der Waals surface area contributed by atoms with Crippen molar-refractivity contribution < 1.29 is 19.4 Å². The van der Waals surface area contributed by atoms with E-state index < -0.39 is 5.97 Å². The van der Waals surface area contributed by atoms with Gasteiger partial charge in [-0.3, -0.25) is 0 Å². The number of carboxylic acids is 1. The summed E-state index contributed by atoms with van der Waals surface area (Å²) in [5.74, 6) is 1.87. The molecule has 1 aliphatic heterocycles. The van der Waals surface area contributed by atoms with Crippen LogP contribution in [0.5, 0.6) is 17.2 Å². The van der Waals surface area contributed by atoms with Crippen molar-refractivity contribution in [2.24, 2.45) is 5.92 Å². The second kappa shape index (κ2) is 9.57. The summed E-state index contributed by atoms with van der Waals surface area (Å²) in [6, 6.07) is 23.1. The maximum Gasteiger partial charge on any atom is 0.335 e. The minimum absolute atomic E-state index is 0.129. The van der Waals surface area contributed by atoms with Crippen LogP contribution in [0, 0.1) is 5.92 Å². The molecule has 0 radical (unpaired) electrons. The largest absolute Gasteiger partial charge is 0.493 e. The van der Waals surface area contributed by atoms with Crippen molar-refractivity contribution in [2.45, 2.75) is 32.6 Å². The summed E-state index contributed by atoms with van der Waals surface area (Å²) in [5.41, 5.74) is 2.86. The molecular formula is C28H31NO4. The molecule has 1 fully saturated rings. The molecule has 0 aromatic heterocycles. The Morgan fingerprint density at radius 2 is 1.48 bits per heavy atom. The van der Waals surface area contributed by atoms with Gasteiger partial charge in [0.05, 0.1) is 12.2 Å². The van der Waals surface area contributed by atoms with Crippen LogP contribution in [-0.4, -0.2) is 30.8 Å². The second-order valence-electron chi connectivity index (χ2n) is 9.61. The lowest BCUT2D eigenvalue weighted by Crippen LogP contribution is -2.21. The van der Waals surface area contributed by atoms with Crippen LogP contribution in [-0.2, 0) is 5.41 Å². The maximum absolute atomic E-state index is 11.0. The molecule has 5 heteroatoms. The van der Waals surface area contributed by atoms with Crippen LogP contribution in [0.25, 0.3) is 0 Å². The van der Waals surface area contributed by atoms with E-state index in [1.165, 1.54) is 11.3 Å².